The summed E-state index contributed by atoms with van der Waals surface area (Å²) in [6.45, 7) is 9.49. The smallest absolute Gasteiger partial charge is 0.325 e. The van der Waals surface area contributed by atoms with Gasteiger partial charge in [0.1, 0.15) is 18.2 Å². The second-order valence-electron chi connectivity index (χ2n) is 5.17. The van der Waals surface area contributed by atoms with Crippen LogP contribution < -0.4 is 5.32 Å². The lowest BCUT2D eigenvalue weighted by Crippen LogP contribution is -2.39. The summed E-state index contributed by atoms with van der Waals surface area (Å²) in [5.41, 5.74) is -0.537. The van der Waals surface area contributed by atoms with Crippen LogP contribution in [0.3, 0.4) is 0 Å². The van der Waals surface area contributed by atoms with Crippen LogP contribution in [0.4, 0.5) is 0 Å². The molecule has 1 unspecified atom stereocenters. The summed E-state index contributed by atoms with van der Waals surface area (Å²) < 4.78 is 10.4. The number of nitrogens with one attached hydrogen (secondary N) is 1. The van der Waals surface area contributed by atoms with Crippen molar-refractivity contribution < 1.29 is 19.1 Å². The number of esters is 1. The highest BCUT2D eigenvalue weighted by molar-refractivity contribution is 5.84. The molecule has 106 valence electrons. The van der Waals surface area contributed by atoms with Crippen LogP contribution in [0.2, 0.25) is 0 Å². The molecule has 0 saturated carbocycles. The van der Waals surface area contributed by atoms with Gasteiger partial charge in [-0.2, -0.15) is 0 Å². The Morgan fingerprint density at radius 3 is 2.39 bits per heavy atom. The first-order chi connectivity index (χ1) is 8.26. The molecule has 18 heavy (non-hydrogen) atoms. The number of unbranched alkanes of at least 4 members (excludes halogenated alkanes) is 1. The highest BCUT2D eigenvalue weighted by Crippen LogP contribution is 2.06. The maximum absolute atomic E-state index is 11.6. The van der Waals surface area contributed by atoms with Crippen molar-refractivity contribution in [3.05, 3.63) is 0 Å². The van der Waals surface area contributed by atoms with Crippen molar-refractivity contribution in [3.8, 4) is 0 Å². The Bertz CT molecular complexity index is 271. The Morgan fingerprint density at radius 1 is 1.28 bits per heavy atom. The van der Waals surface area contributed by atoms with Crippen LogP contribution in [-0.2, 0) is 19.1 Å². The lowest BCUT2D eigenvalue weighted by molar-refractivity contribution is -0.155. The maximum Gasteiger partial charge on any atom is 0.325 e. The van der Waals surface area contributed by atoms with Crippen LogP contribution in [0, 0.1) is 0 Å². The van der Waals surface area contributed by atoms with Gasteiger partial charge in [-0.15, -0.1) is 0 Å². The van der Waals surface area contributed by atoms with Gasteiger partial charge in [0.05, 0.1) is 0 Å². The molecule has 1 atom stereocenters. The zero-order valence-corrected chi connectivity index (χ0v) is 12.0. The molecule has 0 aromatic heterocycles. The summed E-state index contributed by atoms with van der Waals surface area (Å²) in [6.07, 6.45) is 1.40. The van der Waals surface area contributed by atoms with Crippen LogP contribution in [0.15, 0.2) is 0 Å². The van der Waals surface area contributed by atoms with Crippen LogP contribution >= 0.6 is 0 Å². The minimum atomic E-state index is -0.543. The number of carbonyl (C=O) groups excluding carboxylic acids is 2. The first-order valence-electron chi connectivity index (χ1n) is 6.37. The van der Waals surface area contributed by atoms with Gasteiger partial charge < -0.3 is 14.8 Å². The molecule has 0 saturated heterocycles. The topological polar surface area (TPSA) is 64.6 Å². The third-order valence-electron chi connectivity index (χ3n) is 2.06. The molecular weight excluding hydrogens is 234 g/mol. The molecule has 1 N–H and O–H groups in total. The van der Waals surface area contributed by atoms with Crippen molar-refractivity contribution in [2.75, 3.05) is 13.2 Å². The molecule has 5 nitrogen and oxygen atoms in total. The fourth-order valence-corrected chi connectivity index (χ4v) is 1.16. The van der Waals surface area contributed by atoms with E-state index >= 15 is 0 Å². The van der Waals surface area contributed by atoms with Crippen LogP contribution in [0.5, 0.6) is 0 Å². The van der Waals surface area contributed by atoms with Gasteiger partial charge >= 0.3 is 5.97 Å². The monoisotopic (exact) mass is 259 g/mol. The summed E-state index contributed by atoms with van der Waals surface area (Å²) in [5.74, 6) is -0.742. The predicted molar refractivity (Wildman–Crippen MR) is 69.2 cm³/mol. The number of hydrogen-bond acceptors (Lipinski definition) is 4. The van der Waals surface area contributed by atoms with Crippen molar-refractivity contribution in [2.24, 2.45) is 0 Å². The first kappa shape index (κ1) is 16.9. The van der Waals surface area contributed by atoms with Crippen LogP contribution in [-0.4, -0.2) is 36.7 Å². The van der Waals surface area contributed by atoms with Gasteiger partial charge in [-0.1, -0.05) is 13.3 Å². The Hall–Kier alpha value is -1.10. The standard InChI is InChI=1S/C13H25NO4/c1-6-7-8-17-10(2)12(16)14-9-11(15)18-13(3,4)5/h10H,6-9H2,1-5H3,(H,14,16). The summed E-state index contributed by atoms with van der Waals surface area (Å²) in [4.78, 5) is 22.9. The van der Waals surface area contributed by atoms with Crippen molar-refractivity contribution in [1.29, 1.82) is 0 Å². The molecule has 0 bridgehead atoms. The quantitative estimate of drug-likeness (QED) is 0.557. The summed E-state index contributed by atoms with van der Waals surface area (Å²) in [7, 11) is 0. The minimum Gasteiger partial charge on any atom is -0.459 e. The van der Waals surface area contributed by atoms with E-state index < -0.39 is 17.7 Å². The van der Waals surface area contributed by atoms with Gasteiger partial charge in [-0.05, 0) is 34.1 Å². The molecule has 0 heterocycles. The van der Waals surface area contributed by atoms with E-state index in [0.717, 1.165) is 12.8 Å². The SMILES string of the molecule is CCCCOC(C)C(=O)NCC(=O)OC(C)(C)C. The molecule has 0 rings (SSSR count). The van der Waals surface area contributed by atoms with E-state index in [1.807, 2.05) is 0 Å². The van der Waals surface area contributed by atoms with Crippen molar-refractivity contribution in [2.45, 2.75) is 59.2 Å². The van der Waals surface area contributed by atoms with Crippen molar-refractivity contribution >= 4 is 11.9 Å². The molecule has 0 spiro atoms. The summed E-state index contributed by atoms with van der Waals surface area (Å²) in [5, 5.41) is 2.49. The van der Waals surface area contributed by atoms with Crippen molar-refractivity contribution in [1.82, 2.24) is 5.32 Å². The third kappa shape index (κ3) is 8.98. The second-order valence-corrected chi connectivity index (χ2v) is 5.17. The molecule has 0 aliphatic carbocycles. The number of carbonyl (C=O) groups is 2. The minimum absolute atomic E-state index is 0.127. The predicted octanol–water partition coefficient (Wildman–Crippen LogP) is 1.65. The molecule has 5 heteroatoms. The normalized spacial score (nSPS) is 12.9. The molecule has 0 aliphatic heterocycles. The van der Waals surface area contributed by atoms with E-state index in [9.17, 15) is 9.59 Å². The Kier molecular flexibility index (Phi) is 7.59. The number of hydrogen-bond donors (Lipinski definition) is 1. The fourth-order valence-electron chi connectivity index (χ4n) is 1.16. The summed E-state index contributed by atoms with van der Waals surface area (Å²) >= 11 is 0. The average molecular weight is 259 g/mol. The molecule has 0 aromatic carbocycles. The molecule has 0 radical (unpaired) electrons. The Balaban J connectivity index is 3.85. The van der Waals surface area contributed by atoms with Gasteiger partial charge in [-0.3, -0.25) is 9.59 Å². The third-order valence-corrected chi connectivity index (χ3v) is 2.06. The van der Waals surface area contributed by atoms with Crippen LogP contribution in [0.1, 0.15) is 47.5 Å². The van der Waals surface area contributed by atoms with Gasteiger partial charge in [0.25, 0.3) is 0 Å². The number of rotatable bonds is 7. The van der Waals surface area contributed by atoms with Crippen LogP contribution in [0.25, 0.3) is 0 Å². The zero-order chi connectivity index (χ0) is 14.2. The van der Waals surface area contributed by atoms with E-state index in [1.54, 1.807) is 27.7 Å². The summed E-state index contributed by atoms with van der Waals surface area (Å²) in [6, 6.07) is 0. The van der Waals surface area contributed by atoms with Gasteiger partial charge in [0, 0.05) is 6.61 Å². The molecule has 1 amide bonds. The Morgan fingerprint density at radius 2 is 1.89 bits per heavy atom. The Labute approximate surface area is 109 Å². The average Bonchev–Trinajstić information content (AvgIpc) is 2.23. The van der Waals surface area contributed by atoms with E-state index in [1.165, 1.54) is 0 Å². The van der Waals surface area contributed by atoms with E-state index in [0.29, 0.717) is 6.61 Å². The molecule has 0 fully saturated rings. The van der Waals surface area contributed by atoms with E-state index in [-0.39, 0.29) is 12.5 Å². The van der Waals surface area contributed by atoms with Gasteiger partial charge in [0.2, 0.25) is 5.91 Å². The van der Waals surface area contributed by atoms with E-state index in [4.69, 9.17) is 9.47 Å². The fraction of sp³-hybridized carbons (Fsp3) is 0.846. The van der Waals surface area contributed by atoms with Gasteiger partial charge in [-0.25, -0.2) is 0 Å². The van der Waals surface area contributed by atoms with Crippen molar-refractivity contribution in [3.63, 3.8) is 0 Å². The second kappa shape index (κ2) is 8.08. The molecular formula is C13H25NO4. The number of ether oxygens (including phenoxy) is 2. The lowest BCUT2D eigenvalue weighted by atomic mass is 10.2. The largest absolute Gasteiger partial charge is 0.459 e. The van der Waals surface area contributed by atoms with E-state index in [2.05, 4.69) is 12.2 Å². The molecule has 0 aromatic rings. The lowest BCUT2D eigenvalue weighted by Gasteiger charge is -2.20. The molecule has 0 aliphatic rings. The highest BCUT2D eigenvalue weighted by Gasteiger charge is 2.18. The maximum atomic E-state index is 11.6. The number of amides is 1. The zero-order valence-electron chi connectivity index (χ0n) is 12.0. The first-order valence-corrected chi connectivity index (χ1v) is 6.37. The highest BCUT2D eigenvalue weighted by atomic mass is 16.6. The van der Waals surface area contributed by atoms with Gasteiger partial charge in [0.15, 0.2) is 0 Å².